The number of carbonyl (C=O) groups is 2. The topological polar surface area (TPSA) is 132 Å². The van der Waals surface area contributed by atoms with Gasteiger partial charge in [0.25, 0.3) is 0 Å². The summed E-state index contributed by atoms with van der Waals surface area (Å²) >= 11 is 0. The van der Waals surface area contributed by atoms with Gasteiger partial charge in [-0.3, -0.25) is 4.79 Å². The Morgan fingerprint density at radius 3 is 2.95 bits per heavy atom. The van der Waals surface area contributed by atoms with Crippen molar-refractivity contribution in [2.75, 3.05) is 19.7 Å². The molecule has 0 spiro atoms. The summed E-state index contributed by atoms with van der Waals surface area (Å²) in [6, 6.07) is 0. The summed E-state index contributed by atoms with van der Waals surface area (Å²) in [4.78, 5) is 22.9. The van der Waals surface area contributed by atoms with Crippen molar-refractivity contribution in [3.8, 4) is 0 Å². The molecular formula is C12H19N5O4. The zero-order chi connectivity index (χ0) is 15.2. The highest BCUT2D eigenvalue weighted by Crippen LogP contribution is 2.10. The van der Waals surface area contributed by atoms with Gasteiger partial charge in [-0.15, -0.1) is 5.10 Å². The van der Waals surface area contributed by atoms with Crippen molar-refractivity contribution in [3.63, 3.8) is 0 Å². The Labute approximate surface area is 121 Å². The Balaban J connectivity index is 1.94. The maximum absolute atomic E-state index is 11.9. The summed E-state index contributed by atoms with van der Waals surface area (Å²) in [7, 11) is 0. The lowest BCUT2D eigenvalue weighted by atomic mass is 10.2. The monoisotopic (exact) mass is 297 g/mol. The van der Waals surface area contributed by atoms with Crippen LogP contribution in [0.2, 0.25) is 0 Å². The van der Waals surface area contributed by atoms with Gasteiger partial charge >= 0.3 is 5.97 Å². The number of rotatable bonds is 7. The number of aromatic carboxylic acids is 1. The normalized spacial score (nSPS) is 17.9. The zero-order valence-electron chi connectivity index (χ0n) is 11.6. The third kappa shape index (κ3) is 3.99. The first-order valence-corrected chi connectivity index (χ1v) is 6.86. The van der Waals surface area contributed by atoms with Crippen molar-refractivity contribution >= 4 is 11.9 Å². The van der Waals surface area contributed by atoms with Crippen molar-refractivity contribution in [1.82, 2.24) is 20.3 Å². The number of carboxylic acids is 1. The second-order valence-corrected chi connectivity index (χ2v) is 4.83. The number of nitrogens with zero attached hydrogens (tertiary/aromatic N) is 3. The largest absolute Gasteiger partial charge is 0.476 e. The van der Waals surface area contributed by atoms with Crippen LogP contribution >= 0.6 is 0 Å². The molecule has 0 aliphatic carbocycles. The van der Waals surface area contributed by atoms with E-state index in [0.29, 0.717) is 18.7 Å². The Kier molecular flexibility index (Phi) is 5.23. The molecule has 9 heteroatoms. The Bertz CT molecular complexity index is 510. The molecule has 4 N–H and O–H groups in total. The quantitative estimate of drug-likeness (QED) is 0.574. The number of hydrogen-bond donors (Lipinski definition) is 3. The minimum atomic E-state index is -1.18. The highest BCUT2D eigenvalue weighted by molar-refractivity contribution is 5.86. The zero-order valence-corrected chi connectivity index (χ0v) is 11.6. The highest BCUT2D eigenvalue weighted by Gasteiger charge is 2.20. The van der Waals surface area contributed by atoms with Crippen molar-refractivity contribution in [3.05, 3.63) is 11.4 Å². The number of hydrogen-bond acceptors (Lipinski definition) is 6. The molecule has 1 aliphatic rings. The van der Waals surface area contributed by atoms with Crippen molar-refractivity contribution in [2.45, 2.75) is 31.9 Å². The van der Waals surface area contributed by atoms with Crippen LogP contribution in [0.3, 0.4) is 0 Å². The molecule has 1 aliphatic heterocycles. The van der Waals surface area contributed by atoms with Gasteiger partial charge < -0.3 is 20.9 Å². The number of aromatic nitrogens is 3. The lowest BCUT2D eigenvalue weighted by Crippen LogP contribution is -2.34. The molecule has 1 atom stereocenters. The maximum Gasteiger partial charge on any atom is 0.358 e. The molecule has 1 aromatic rings. The van der Waals surface area contributed by atoms with Crippen LogP contribution in [0.5, 0.6) is 0 Å². The summed E-state index contributed by atoms with van der Waals surface area (Å²) < 4.78 is 6.69. The summed E-state index contributed by atoms with van der Waals surface area (Å²) in [5.41, 5.74) is 5.65. The molecule has 1 aromatic heterocycles. The van der Waals surface area contributed by atoms with E-state index in [-0.39, 0.29) is 30.8 Å². The van der Waals surface area contributed by atoms with E-state index in [0.717, 1.165) is 19.4 Å². The van der Waals surface area contributed by atoms with Gasteiger partial charge in [-0.05, 0) is 19.4 Å². The molecule has 0 saturated carbocycles. The molecule has 1 amide bonds. The lowest BCUT2D eigenvalue weighted by Gasteiger charge is -2.11. The van der Waals surface area contributed by atoms with E-state index in [4.69, 9.17) is 15.6 Å². The van der Waals surface area contributed by atoms with Gasteiger partial charge in [0.1, 0.15) is 6.54 Å². The first-order chi connectivity index (χ1) is 10.1. The van der Waals surface area contributed by atoms with Gasteiger partial charge in [-0.25, -0.2) is 9.48 Å². The van der Waals surface area contributed by atoms with E-state index in [1.807, 2.05) is 0 Å². The van der Waals surface area contributed by atoms with E-state index >= 15 is 0 Å². The first kappa shape index (κ1) is 15.4. The number of amides is 1. The standard InChI is InChI=1S/C12H19N5O4/c13-4-3-9-11(12(19)20)15-16-17(9)7-10(18)14-6-8-2-1-5-21-8/h8H,1-7,13H2,(H,14,18)(H,19,20). The molecule has 9 nitrogen and oxygen atoms in total. The van der Waals surface area contributed by atoms with Crippen LogP contribution in [0.25, 0.3) is 0 Å². The molecule has 0 aromatic carbocycles. The summed E-state index contributed by atoms with van der Waals surface area (Å²) in [6.45, 7) is 1.35. The second-order valence-electron chi connectivity index (χ2n) is 4.83. The lowest BCUT2D eigenvalue weighted by molar-refractivity contribution is -0.122. The maximum atomic E-state index is 11.9. The number of nitrogens with one attached hydrogen (secondary N) is 1. The molecule has 21 heavy (non-hydrogen) atoms. The van der Waals surface area contributed by atoms with E-state index in [9.17, 15) is 9.59 Å². The molecule has 1 saturated heterocycles. The first-order valence-electron chi connectivity index (χ1n) is 6.86. The van der Waals surface area contributed by atoms with Gasteiger partial charge in [0.05, 0.1) is 11.8 Å². The fourth-order valence-electron chi connectivity index (χ4n) is 2.24. The van der Waals surface area contributed by atoms with Gasteiger partial charge in [-0.2, -0.15) is 0 Å². The fraction of sp³-hybridized carbons (Fsp3) is 0.667. The fourth-order valence-corrected chi connectivity index (χ4v) is 2.24. The summed E-state index contributed by atoms with van der Waals surface area (Å²) in [5.74, 6) is -1.44. The van der Waals surface area contributed by atoms with Crippen LogP contribution in [0.1, 0.15) is 29.0 Å². The number of nitrogens with two attached hydrogens (primary N) is 1. The van der Waals surface area contributed by atoms with Crippen LogP contribution in [0.4, 0.5) is 0 Å². The van der Waals surface area contributed by atoms with Crippen LogP contribution in [-0.4, -0.2) is 57.8 Å². The van der Waals surface area contributed by atoms with E-state index < -0.39 is 5.97 Å². The Hall–Kier alpha value is -2.00. The van der Waals surface area contributed by atoms with E-state index in [1.54, 1.807) is 0 Å². The highest BCUT2D eigenvalue weighted by atomic mass is 16.5. The Morgan fingerprint density at radius 1 is 1.52 bits per heavy atom. The van der Waals surface area contributed by atoms with Gasteiger partial charge in [0, 0.05) is 19.6 Å². The van der Waals surface area contributed by atoms with Crippen LogP contribution in [0.15, 0.2) is 0 Å². The molecule has 2 heterocycles. The number of ether oxygens (including phenoxy) is 1. The van der Waals surface area contributed by atoms with Crippen LogP contribution < -0.4 is 11.1 Å². The summed E-state index contributed by atoms with van der Waals surface area (Å²) in [5, 5.41) is 19.1. The van der Waals surface area contributed by atoms with Gasteiger partial charge in [0.2, 0.25) is 5.91 Å². The Morgan fingerprint density at radius 2 is 2.33 bits per heavy atom. The average molecular weight is 297 g/mol. The average Bonchev–Trinajstić information content (AvgIpc) is 3.07. The van der Waals surface area contributed by atoms with E-state index in [1.165, 1.54) is 4.68 Å². The van der Waals surface area contributed by atoms with Crippen molar-refractivity contribution in [1.29, 1.82) is 0 Å². The minimum Gasteiger partial charge on any atom is -0.476 e. The van der Waals surface area contributed by atoms with E-state index in [2.05, 4.69) is 15.6 Å². The third-order valence-electron chi connectivity index (χ3n) is 3.27. The molecule has 1 unspecified atom stereocenters. The summed E-state index contributed by atoms with van der Waals surface area (Å²) in [6.07, 6.45) is 2.30. The SMILES string of the molecule is NCCc1c(C(=O)O)nnn1CC(=O)NCC1CCCO1. The van der Waals surface area contributed by atoms with Gasteiger partial charge in [-0.1, -0.05) is 5.21 Å². The van der Waals surface area contributed by atoms with Crippen LogP contribution in [-0.2, 0) is 22.5 Å². The minimum absolute atomic E-state index is 0.0581. The van der Waals surface area contributed by atoms with Crippen molar-refractivity contribution in [2.24, 2.45) is 5.73 Å². The number of carbonyl (C=O) groups excluding carboxylic acids is 1. The van der Waals surface area contributed by atoms with Gasteiger partial charge in [0.15, 0.2) is 5.69 Å². The second kappa shape index (κ2) is 7.14. The molecule has 2 rings (SSSR count). The van der Waals surface area contributed by atoms with Crippen LogP contribution in [0, 0.1) is 0 Å². The molecular weight excluding hydrogens is 278 g/mol. The van der Waals surface area contributed by atoms with Crippen molar-refractivity contribution < 1.29 is 19.4 Å². The smallest absolute Gasteiger partial charge is 0.358 e. The number of carboxylic acid groups (broad SMARTS) is 1. The molecule has 0 radical (unpaired) electrons. The molecule has 0 bridgehead atoms. The predicted octanol–water partition coefficient (Wildman–Crippen LogP) is -1.23. The molecule has 1 fully saturated rings. The predicted molar refractivity (Wildman–Crippen MR) is 71.7 cm³/mol. The molecule has 116 valence electrons. The third-order valence-corrected chi connectivity index (χ3v) is 3.27.